The minimum absolute atomic E-state index is 0.264. The molecule has 0 fully saturated rings. The Bertz CT molecular complexity index is 1220. The topological polar surface area (TPSA) is 63.7 Å². The van der Waals surface area contributed by atoms with Gasteiger partial charge in [-0.3, -0.25) is 0 Å². The zero-order valence-electron chi connectivity index (χ0n) is 14.0. The van der Waals surface area contributed by atoms with Crippen molar-refractivity contribution in [1.29, 1.82) is 0 Å². The lowest BCUT2D eigenvalue weighted by molar-refractivity contribution is 0.294. The third-order valence-electron chi connectivity index (χ3n) is 4.37. The van der Waals surface area contributed by atoms with E-state index >= 15 is 0 Å². The Morgan fingerprint density at radius 2 is 1.93 bits per heavy atom. The van der Waals surface area contributed by atoms with Crippen LogP contribution in [0.25, 0.3) is 31.3 Å². The third-order valence-corrected chi connectivity index (χ3v) is 6.36. The molecular weight excluding hydrogens is 424 g/mol. The maximum atomic E-state index is 5.81. The van der Waals surface area contributed by atoms with Crippen LogP contribution in [0, 0.1) is 0 Å². The Kier molecular flexibility index (Phi) is 4.10. The van der Waals surface area contributed by atoms with Crippen molar-refractivity contribution in [2.24, 2.45) is 0 Å². The van der Waals surface area contributed by atoms with Crippen LogP contribution < -0.4 is 4.74 Å². The van der Waals surface area contributed by atoms with Crippen molar-refractivity contribution < 1.29 is 4.74 Å². The van der Waals surface area contributed by atoms with Gasteiger partial charge in [-0.15, -0.1) is 21.5 Å². The Morgan fingerprint density at radius 1 is 1.00 bits per heavy atom. The van der Waals surface area contributed by atoms with Gasteiger partial charge in [0.05, 0.1) is 4.47 Å². The fourth-order valence-corrected chi connectivity index (χ4v) is 4.71. The van der Waals surface area contributed by atoms with Gasteiger partial charge in [0.25, 0.3) is 0 Å². The summed E-state index contributed by atoms with van der Waals surface area (Å²) in [6, 6.07) is 21.2. The molecule has 0 aliphatic rings. The lowest BCUT2D eigenvalue weighted by Crippen LogP contribution is -1.98. The number of benzene rings is 3. The number of aromatic nitrogens is 4. The van der Waals surface area contributed by atoms with E-state index in [2.05, 4.69) is 91.2 Å². The van der Waals surface area contributed by atoms with Gasteiger partial charge < -0.3 is 4.74 Å². The normalized spacial score (nSPS) is 11.3. The smallest absolute Gasteiger partial charge is 0.211 e. The Balaban J connectivity index is 1.49. The van der Waals surface area contributed by atoms with Crippen LogP contribution >= 0.6 is 27.3 Å². The van der Waals surface area contributed by atoms with Crippen molar-refractivity contribution in [2.45, 2.75) is 6.61 Å². The fourth-order valence-electron chi connectivity index (χ4n) is 3.05. The number of nitrogens with zero attached hydrogens (tertiary/aromatic N) is 3. The summed E-state index contributed by atoms with van der Waals surface area (Å²) in [6.45, 7) is 0.264. The molecule has 2 aromatic heterocycles. The number of tetrazole rings is 1. The van der Waals surface area contributed by atoms with Gasteiger partial charge in [-0.05, 0) is 61.9 Å². The Hall–Kier alpha value is -2.77. The Labute approximate surface area is 167 Å². The number of H-pyrrole nitrogens is 1. The zero-order valence-corrected chi connectivity index (χ0v) is 16.4. The summed E-state index contributed by atoms with van der Waals surface area (Å²) in [5, 5.41) is 17.3. The summed E-state index contributed by atoms with van der Waals surface area (Å²) < 4.78 is 8.04. The van der Waals surface area contributed by atoms with Crippen LogP contribution in [-0.2, 0) is 6.61 Å². The molecule has 0 unspecified atom stereocenters. The quantitative estimate of drug-likeness (QED) is 0.399. The van der Waals surface area contributed by atoms with E-state index in [1.54, 1.807) is 0 Å². The van der Waals surface area contributed by atoms with Gasteiger partial charge in [-0.2, -0.15) is 5.21 Å². The van der Waals surface area contributed by atoms with Crippen molar-refractivity contribution in [2.75, 3.05) is 0 Å². The molecule has 5 rings (SSSR count). The van der Waals surface area contributed by atoms with Crippen LogP contribution in [-0.4, -0.2) is 20.6 Å². The molecule has 0 atom stereocenters. The molecule has 1 N–H and O–H groups in total. The van der Waals surface area contributed by atoms with Crippen LogP contribution in [0.2, 0.25) is 0 Å². The van der Waals surface area contributed by atoms with Crippen molar-refractivity contribution in [3.05, 3.63) is 71.0 Å². The molecule has 0 saturated carbocycles. The minimum atomic E-state index is 0.264. The third kappa shape index (κ3) is 3.09. The molecule has 0 bridgehead atoms. The first kappa shape index (κ1) is 16.4. The van der Waals surface area contributed by atoms with Crippen LogP contribution in [0.1, 0.15) is 5.82 Å². The number of ether oxygens (including phenoxy) is 1. The lowest BCUT2D eigenvalue weighted by atomic mass is 10.1. The van der Waals surface area contributed by atoms with E-state index < -0.39 is 0 Å². The van der Waals surface area contributed by atoms with Gasteiger partial charge in [-0.25, -0.2) is 0 Å². The van der Waals surface area contributed by atoms with Crippen molar-refractivity contribution in [3.8, 4) is 16.2 Å². The molecule has 0 spiro atoms. The number of rotatable bonds is 4. The largest absolute Gasteiger partial charge is 0.484 e. The minimum Gasteiger partial charge on any atom is -0.484 e. The molecular formula is C20H13BrN4OS. The van der Waals surface area contributed by atoms with Crippen LogP contribution in [0.15, 0.2) is 65.1 Å². The molecule has 0 saturated heterocycles. The number of thiophene rings is 1. The number of hydrogen-bond acceptors (Lipinski definition) is 5. The number of hydrogen-bond donors (Lipinski definition) is 1. The van der Waals surface area contributed by atoms with E-state index in [1.807, 2.05) is 17.4 Å². The van der Waals surface area contributed by atoms with Crippen LogP contribution in [0.5, 0.6) is 5.75 Å². The summed E-state index contributed by atoms with van der Waals surface area (Å²) >= 11 is 5.48. The summed E-state index contributed by atoms with van der Waals surface area (Å²) in [5.74, 6) is 1.27. The van der Waals surface area contributed by atoms with Gasteiger partial charge in [-0.1, -0.05) is 41.6 Å². The van der Waals surface area contributed by atoms with E-state index in [9.17, 15) is 0 Å². The number of nitrogens with one attached hydrogen (secondary N) is 1. The molecule has 0 aliphatic heterocycles. The van der Waals surface area contributed by atoms with E-state index in [1.165, 1.54) is 20.5 Å². The highest BCUT2D eigenvalue weighted by molar-refractivity contribution is 9.10. The average molecular weight is 437 g/mol. The van der Waals surface area contributed by atoms with E-state index in [0.29, 0.717) is 5.82 Å². The summed E-state index contributed by atoms with van der Waals surface area (Å²) in [6.07, 6.45) is 0. The molecule has 132 valence electrons. The van der Waals surface area contributed by atoms with Gasteiger partial charge in [0.2, 0.25) is 5.82 Å². The predicted molar refractivity (Wildman–Crippen MR) is 111 cm³/mol. The highest BCUT2D eigenvalue weighted by atomic mass is 79.9. The van der Waals surface area contributed by atoms with Crippen molar-refractivity contribution in [3.63, 3.8) is 0 Å². The number of halogens is 1. The van der Waals surface area contributed by atoms with E-state index in [0.717, 1.165) is 21.0 Å². The zero-order chi connectivity index (χ0) is 18.2. The number of aromatic amines is 1. The monoisotopic (exact) mass is 436 g/mol. The van der Waals surface area contributed by atoms with Gasteiger partial charge >= 0.3 is 0 Å². The van der Waals surface area contributed by atoms with Gasteiger partial charge in [0.1, 0.15) is 5.75 Å². The summed E-state index contributed by atoms with van der Waals surface area (Å²) in [4.78, 5) is 1.27. The highest BCUT2D eigenvalue weighted by Gasteiger charge is 2.10. The second-order valence-electron chi connectivity index (χ2n) is 6.08. The molecule has 3 aromatic carbocycles. The first-order chi connectivity index (χ1) is 13.3. The second-order valence-corrected chi connectivity index (χ2v) is 7.96. The van der Waals surface area contributed by atoms with E-state index in [4.69, 9.17) is 4.74 Å². The molecule has 0 amide bonds. The molecule has 7 heteroatoms. The standard InChI is InChI=1S/C20H13BrN4OS/c21-20-15-7-5-14(18-10-13-3-1-2-4-17(13)27-18)9-12(15)6-8-16(20)26-11-19-22-24-25-23-19/h1-10H,11H2,(H,22,23,24,25). The first-order valence-electron chi connectivity index (χ1n) is 8.34. The molecule has 5 nitrogen and oxygen atoms in total. The van der Waals surface area contributed by atoms with Crippen molar-refractivity contribution >= 4 is 48.1 Å². The van der Waals surface area contributed by atoms with Crippen LogP contribution in [0.4, 0.5) is 0 Å². The maximum absolute atomic E-state index is 5.81. The Morgan fingerprint density at radius 3 is 2.78 bits per heavy atom. The molecule has 0 radical (unpaired) electrons. The lowest BCUT2D eigenvalue weighted by Gasteiger charge is -2.10. The first-order valence-corrected chi connectivity index (χ1v) is 9.95. The molecule has 27 heavy (non-hydrogen) atoms. The number of fused-ring (bicyclic) bond motifs is 2. The van der Waals surface area contributed by atoms with Crippen molar-refractivity contribution in [1.82, 2.24) is 20.6 Å². The SMILES string of the molecule is Brc1c(OCc2nn[nH]n2)ccc2cc(-c3cc4ccccc4s3)ccc12. The average Bonchev–Trinajstić information content (AvgIpc) is 3.37. The highest BCUT2D eigenvalue weighted by Crippen LogP contribution is 2.38. The molecule has 2 heterocycles. The fraction of sp³-hybridized carbons (Fsp3) is 0.0500. The van der Waals surface area contributed by atoms with Gasteiger partial charge in [0, 0.05) is 9.58 Å². The summed E-state index contributed by atoms with van der Waals surface area (Å²) in [5.41, 5.74) is 1.22. The van der Waals surface area contributed by atoms with Crippen LogP contribution in [0.3, 0.4) is 0 Å². The maximum Gasteiger partial charge on any atom is 0.211 e. The van der Waals surface area contributed by atoms with Gasteiger partial charge in [0.15, 0.2) is 6.61 Å². The van der Waals surface area contributed by atoms with E-state index in [-0.39, 0.29) is 6.61 Å². The summed E-state index contributed by atoms with van der Waals surface area (Å²) in [7, 11) is 0. The molecule has 0 aliphatic carbocycles. The molecule has 5 aromatic rings. The second kappa shape index (κ2) is 6.75. The predicted octanol–water partition coefficient (Wildman–Crippen LogP) is 5.58.